The maximum Gasteiger partial charge on any atom is 0.306 e. The third kappa shape index (κ3) is 4.78. The van der Waals surface area contributed by atoms with Gasteiger partial charge in [0.2, 0.25) is 5.91 Å². The van der Waals surface area contributed by atoms with Crippen LogP contribution < -0.4 is 0 Å². The SMILES string of the molecule is COC(=O)CC(C)(C)CC(=O)N1CC[C@@H](c2ccc(F)cc2)C1. The summed E-state index contributed by atoms with van der Waals surface area (Å²) in [5.74, 6) is -0.232. The van der Waals surface area contributed by atoms with Crippen LogP contribution in [-0.2, 0) is 14.3 Å². The number of rotatable bonds is 5. The van der Waals surface area contributed by atoms with Crippen LogP contribution in [0.4, 0.5) is 4.39 Å². The fourth-order valence-corrected chi connectivity index (χ4v) is 3.04. The molecule has 5 heteroatoms. The molecule has 1 aliphatic rings. The zero-order chi connectivity index (χ0) is 17.0. The van der Waals surface area contributed by atoms with Gasteiger partial charge >= 0.3 is 5.97 Å². The molecule has 0 aliphatic carbocycles. The number of amides is 1. The summed E-state index contributed by atoms with van der Waals surface area (Å²) in [5, 5.41) is 0. The topological polar surface area (TPSA) is 46.6 Å². The number of esters is 1. The van der Waals surface area contributed by atoms with Crippen molar-refractivity contribution in [3.63, 3.8) is 0 Å². The standard InChI is InChI=1S/C18H24FNO3/c1-18(2,11-17(22)23-3)10-16(21)20-9-8-14(12-20)13-4-6-15(19)7-5-13/h4-7,14H,8-12H2,1-3H3/t14-/m1/s1. The van der Waals surface area contributed by atoms with Gasteiger partial charge in [0.15, 0.2) is 0 Å². The Kier molecular flexibility index (Phi) is 5.39. The number of hydrogen-bond acceptors (Lipinski definition) is 3. The minimum absolute atomic E-state index is 0.0588. The monoisotopic (exact) mass is 321 g/mol. The molecule has 1 aromatic carbocycles. The van der Waals surface area contributed by atoms with Gasteiger partial charge in [0.1, 0.15) is 5.82 Å². The fourth-order valence-electron chi connectivity index (χ4n) is 3.04. The van der Waals surface area contributed by atoms with Crippen molar-refractivity contribution >= 4 is 11.9 Å². The van der Waals surface area contributed by atoms with Crippen LogP contribution in [-0.4, -0.2) is 37.0 Å². The molecule has 0 N–H and O–H groups in total. The Morgan fingerprint density at radius 3 is 2.52 bits per heavy atom. The van der Waals surface area contributed by atoms with E-state index in [1.165, 1.54) is 19.2 Å². The summed E-state index contributed by atoms with van der Waals surface area (Å²) in [4.78, 5) is 25.7. The molecule has 1 aliphatic heterocycles. The lowest BCUT2D eigenvalue weighted by molar-refractivity contribution is -0.143. The maximum atomic E-state index is 13.0. The number of carbonyl (C=O) groups is 2. The number of nitrogens with zero attached hydrogens (tertiary/aromatic N) is 1. The zero-order valence-corrected chi connectivity index (χ0v) is 14.0. The lowest BCUT2D eigenvalue weighted by Gasteiger charge is -2.26. The Labute approximate surface area is 136 Å². The predicted molar refractivity (Wildman–Crippen MR) is 85.4 cm³/mol. The summed E-state index contributed by atoms with van der Waals surface area (Å²) < 4.78 is 17.7. The number of hydrogen-bond donors (Lipinski definition) is 0. The minimum Gasteiger partial charge on any atom is -0.469 e. The third-order valence-corrected chi connectivity index (χ3v) is 4.36. The van der Waals surface area contributed by atoms with E-state index in [-0.39, 0.29) is 30.0 Å². The zero-order valence-electron chi connectivity index (χ0n) is 14.0. The van der Waals surface area contributed by atoms with Gasteiger partial charge in [-0.1, -0.05) is 26.0 Å². The molecular weight excluding hydrogens is 297 g/mol. The highest BCUT2D eigenvalue weighted by Gasteiger charge is 2.32. The second-order valence-electron chi connectivity index (χ2n) is 6.97. The summed E-state index contributed by atoms with van der Waals surface area (Å²) in [7, 11) is 1.36. The van der Waals surface area contributed by atoms with Crippen molar-refractivity contribution in [2.75, 3.05) is 20.2 Å². The first-order valence-corrected chi connectivity index (χ1v) is 7.91. The van der Waals surface area contributed by atoms with Crippen LogP contribution in [0, 0.1) is 11.2 Å². The van der Waals surface area contributed by atoms with Crippen molar-refractivity contribution in [3.8, 4) is 0 Å². The van der Waals surface area contributed by atoms with E-state index in [0.717, 1.165) is 12.0 Å². The molecule has 1 saturated heterocycles. The van der Waals surface area contributed by atoms with Crippen LogP contribution in [0.25, 0.3) is 0 Å². The molecule has 0 aromatic heterocycles. The van der Waals surface area contributed by atoms with Gasteiger partial charge < -0.3 is 9.64 Å². The van der Waals surface area contributed by atoms with Crippen LogP contribution in [0.15, 0.2) is 24.3 Å². The second kappa shape index (κ2) is 7.11. The first kappa shape index (κ1) is 17.4. The summed E-state index contributed by atoms with van der Waals surface area (Å²) in [6.07, 6.45) is 1.43. The molecule has 0 spiro atoms. The van der Waals surface area contributed by atoms with Crippen molar-refractivity contribution in [2.24, 2.45) is 5.41 Å². The first-order valence-electron chi connectivity index (χ1n) is 7.91. The minimum atomic E-state index is -0.419. The molecule has 1 heterocycles. The Morgan fingerprint density at radius 1 is 1.26 bits per heavy atom. The van der Waals surface area contributed by atoms with Crippen molar-refractivity contribution in [1.29, 1.82) is 0 Å². The van der Waals surface area contributed by atoms with Gasteiger partial charge in [0, 0.05) is 25.4 Å². The Bertz CT molecular complexity index is 568. The second-order valence-corrected chi connectivity index (χ2v) is 6.97. The van der Waals surface area contributed by atoms with Gasteiger partial charge in [0.25, 0.3) is 0 Å². The van der Waals surface area contributed by atoms with E-state index in [9.17, 15) is 14.0 Å². The Hall–Kier alpha value is -1.91. The average molecular weight is 321 g/mol. The van der Waals surface area contributed by atoms with E-state index in [4.69, 9.17) is 0 Å². The lowest BCUT2D eigenvalue weighted by Crippen LogP contribution is -2.33. The van der Waals surface area contributed by atoms with E-state index in [1.54, 1.807) is 12.1 Å². The summed E-state index contributed by atoms with van der Waals surface area (Å²) in [5.41, 5.74) is 0.647. The molecule has 1 fully saturated rings. The van der Waals surface area contributed by atoms with E-state index < -0.39 is 5.41 Å². The van der Waals surface area contributed by atoms with Gasteiger partial charge in [-0.3, -0.25) is 9.59 Å². The normalized spacial score (nSPS) is 18.1. The van der Waals surface area contributed by atoms with Gasteiger partial charge in [0.05, 0.1) is 13.5 Å². The number of carbonyl (C=O) groups excluding carboxylic acids is 2. The summed E-state index contributed by atoms with van der Waals surface area (Å²) in [6, 6.07) is 6.49. The molecule has 0 saturated carbocycles. The molecule has 126 valence electrons. The van der Waals surface area contributed by atoms with Crippen molar-refractivity contribution in [1.82, 2.24) is 4.90 Å². The number of ether oxygens (including phenoxy) is 1. The molecule has 0 bridgehead atoms. The predicted octanol–water partition coefficient (Wildman–Crippen LogP) is 3.12. The molecule has 2 rings (SSSR count). The lowest BCUT2D eigenvalue weighted by atomic mass is 9.85. The van der Waals surface area contributed by atoms with Gasteiger partial charge in [-0.25, -0.2) is 4.39 Å². The number of benzene rings is 1. The van der Waals surface area contributed by atoms with Crippen molar-refractivity contribution in [2.45, 2.75) is 39.0 Å². The van der Waals surface area contributed by atoms with Crippen LogP contribution in [0.3, 0.4) is 0 Å². The van der Waals surface area contributed by atoms with Gasteiger partial charge in [-0.15, -0.1) is 0 Å². The smallest absolute Gasteiger partial charge is 0.306 e. The molecule has 1 aromatic rings. The number of methoxy groups -OCH3 is 1. The van der Waals surface area contributed by atoms with Gasteiger partial charge in [-0.2, -0.15) is 0 Å². The van der Waals surface area contributed by atoms with Crippen molar-refractivity contribution in [3.05, 3.63) is 35.6 Å². The Balaban J connectivity index is 1.92. The quantitative estimate of drug-likeness (QED) is 0.783. The highest BCUT2D eigenvalue weighted by Crippen LogP contribution is 2.31. The molecule has 23 heavy (non-hydrogen) atoms. The largest absolute Gasteiger partial charge is 0.469 e. The summed E-state index contributed by atoms with van der Waals surface area (Å²) in [6.45, 7) is 5.15. The highest BCUT2D eigenvalue weighted by molar-refractivity contribution is 5.78. The molecule has 0 unspecified atom stereocenters. The van der Waals surface area contributed by atoms with E-state index in [1.807, 2.05) is 18.7 Å². The van der Waals surface area contributed by atoms with Crippen LogP contribution >= 0.6 is 0 Å². The van der Waals surface area contributed by atoms with E-state index in [2.05, 4.69) is 4.74 Å². The number of halogens is 1. The van der Waals surface area contributed by atoms with E-state index >= 15 is 0 Å². The molecule has 4 nitrogen and oxygen atoms in total. The molecular formula is C18H24FNO3. The third-order valence-electron chi connectivity index (χ3n) is 4.36. The van der Waals surface area contributed by atoms with Gasteiger partial charge in [-0.05, 0) is 29.5 Å². The van der Waals surface area contributed by atoms with E-state index in [0.29, 0.717) is 19.5 Å². The molecule has 0 radical (unpaired) electrons. The fraction of sp³-hybridized carbons (Fsp3) is 0.556. The van der Waals surface area contributed by atoms with Crippen LogP contribution in [0.5, 0.6) is 0 Å². The van der Waals surface area contributed by atoms with Crippen LogP contribution in [0.2, 0.25) is 0 Å². The average Bonchev–Trinajstić information content (AvgIpc) is 2.96. The molecule has 1 amide bonds. The van der Waals surface area contributed by atoms with Crippen molar-refractivity contribution < 1.29 is 18.7 Å². The number of likely N-dealkylation sites (tertiary alicyclic amines) is 1. The maximum absolute atomic E-state index is 13.0. The highest BCUT2D eigenvalue weighted by atomic mass is 19.1. The first-order chi connectivity index (χ1) is 10.8. The Morgan fingerprint density at radius 2 is 1.91 bits per heavy atom. The van der Waals surface area contributed by atoms with Crippen LogP contribution in [0.1, 0.15) is 44.6 Å². The summed E-state index contributed by atoms with van der Waals surface area (Å²) >= 11 is 0. The molecule has 1 atom stereocenters.